The van der Waals surface area contributed by atoms with Crippen LogP contribution in [0.5, 0.6) is 0 Å². The highest BCUT2D eigenvalue weighted by Gasteiger charge is 2.13. The Kier molecular flexibility index (Phi) is 4.28. The fourth-order valence-electron chi connectivity index (χ4n) is 1.65. The number of amidine groups is 1. The van der Waals surface area contributed by atoms with Gasteiger partial charge in [-0.25, -0.2) is 0 Å². The molecule has 0 amide bonds. The van der Waals surface area contributed by atoms with Crippen LogP contribution in [0.1, 0.15) is 19.4 Å². The molecule has 1 aromatic rings. The van der Waals surface area contributed by atoms with E-state index in [4.69, 9.17) is 11.1 Å². The quantitative estimate of drug-likeness (QED) is 0.587. The lowest BCUT2D eigenvalue weighted by atomic mass is 10.1. The molecular weight excluding hydrogens is 200 g/mol. The van der Waals surface area contributed by atoms with Gasteiger partial charge in [0.25, 0.3) is 0 Å². The molecule has 0 aliphatic carbocycles. The first kappa shape index (κ1) is 12.5. The van der Waals surface area contributed by atoms with Crippen molar-refractivity contribution in [3.63, 3.8) is 0 Å². The molecule has 88 valence electrons. The van der Waals surface area contributed by atoms with Crippen molar-refractivity contribution in [1.29, 1.82) is 5.41 Å². The lowest BCUT2D eigenvalue weighted by Gasteiger charge is -2.27. The van der Waals surface area contributed by atoms with E-state index in [1.165, 1.54) is 5.69 Å². The second-order valence-electron chi connectivity index (χ2n) is 4.06. The zero-order valence-corrected chi connectivity index (χ0v) is 10.2. The van der Waals surface area contributed by atoms with Crippen LogP contribution < -0.4 is 10.6 Å². The van der Waals surface area contributed by atoms with E-state index in [0.29, 0.717) is 0 Å². The molecule has 0 bridgehead atoms. The Hall–Kier alpha value is -1.58. The largest absolute Gasteiger partial charge is 0.387 e. The average Bonchev–Trinajstić information content (AvgIpc) is 2.26. The van der Waals surface area contributed by atoms with Gasteiger partial charge in [-0.05, 0) is 25.5 Å². The van der Waals surface area contributed by atoms with E-state index < -0.39 is 0 Å². The Balaban J connectivity index is 2.83. The molecule has 0 aliphatic heterocycles. The number of nitrogens with one attached hydrogen (secondary N) is 1. The first-order valence-corrected chi connectivity index (χ1v) is 5.55. The first-order valence-electron chi connectivity index (χ1n) is 5.55. The van der Waals surface area contributed by atoms with Gasteiger partial charge in [0.2, 0.25) is 0 Å². The number of anilines is 1. The van der Waals surface area contributed by atoms with Gasteiger partial charge < -0.3 is 10.6 Å². The van der Waals surface area contributed by atoms with Crippen molar-refractivity contribution in [3.8, 4) is 0 Å². The van der Waals surface area contributed by atoms with Crippen LogP contribution in [0.3, 0.4) is 0 Å². The standard InChI is InChI=1S/C12H20N4/c1-4-16(8-10(3)12(13)14)11-5-6-15-7-9(11)2/h5-7,10H,4,8H2,1-3H3,(H3,13,14). The number of pyridine rings is 1. The van der Waals surface area contributed by atoms with Gasteiger partial charge in [0.15, 0.2) is 0 Å². The number of rotatable bonds is 5. The molecule has 16 heavy (non-hydrogen) atoms. The minimum atomic E-state index is 0.0764. The molecule has 3 N–H and O–H groups in total. The molecule has 4 heteroatoms. The van der Waals surface area contributed by atoms with Crippen LogP contribution in [0, 0.1) is 18.3 Å². The number of aryl methyl sites for hydroxylation is 1. The van der Waals surface area contributed by atoms with Crippen molar-refractivity contribution in [2.45, 2.75) is 20.8 Å². The number of nitrogens with two attached hydrogens (primary N) is 1. The van der Waals surface area contributed by atoms with E-state index in [-0.39, 0.29) is 11.8 Å². The Morgan fingerprint density at radius 1 is 1.62 bits per heavy atom. The number of nitrogens with zero attached hydrogens (tertiary/aromatic N) is 2. The molecule has 1 atom stereocenters. The van der Waals surface area contributed by atoms with E-state index in [2.05, 4.69) is 16.8 Å². The van der Waals surface area contributed by atoms with Crippen LogP contribution in [0.4, 0.5) is 5.69 Å². The monoisotopic (exact) mass is 220 g/mol. The Morgan fingerprint density at radius 2 is 2.31 bits per heavy atom. The highest BCUT2D eigenvalue weighted by molar-refractivity contribution is 5.79. The molecule has 0 spiro atoms. The van der Waals surface area contributed by atoms with Gasteiger partial charge in [0.05, 0.1) is 5.84 Å². The molecule has 0 saturated heterocycles. The van der Waals surface area contributed by atoms with Crippen LogP contribution >= 0.6 is 0 Å². The fraction of sp³-hybridized carbons (Fsp3) is 0.500. The summed E-state index contributed by atoms with van der Waals surface area (Å²) in [5.41, 5.74) is 7.82. The topological polar surface area (TPSA) is 66.0 Å². The second-order valence-corrected chi connectivity index (χ2v) is 4.06. The highest BCUT2D eigenvalue weighted by atomic mass is 15.1. The predicted molar refractivity (Wildman–Crippen MR) is 67.9 cm³/mol. The summed E-state index contributed by atoms with van der Waals surface area (Å²) in [5, 5.41) is 7.42. The van der Waals surface area contributed by atoms with Gasteiger partial charge in [-0.2, -0.15) is 0 Å². The van der Waals surface area contributed by atoms with Crippen molar-refractivity contribution in [3.05, 3.63) is 24.0 Å². The molecule has 4 nitrogen and oxygen atoms in total. The second kappa shape index (κ2) is 5.49. The lowest BCUT2D eigenvalue weighted by molar-refractivity contribution is 0.695. The third-order valence-corrected chi connectivity index (χ3v) is 2.74. The third kappa shape index (κ3) is 2.95. The lowest BCUT2D eigenvalue weighted by Crippen LogP contribution is -2.34. The van der Waals surface area contributed by atoms with E-state index in [9.17, 15) is 0 Å². The maximum Gasteiger partial charge on any atom is 0.0952 e. The maximum atomic E-state index is 7.42. The molecular formula is C12H20N4. The van der Waals surface area contributed by atoms with Gasteiger partial charge in [-0.15, -0.1) is 0 Å². The molecule has 1 heterocycles. The molecule has 0 aromatic carbocycles. The minimum Gasteiger partial charge on any atom is -0.387 e. The molecule has 1 rings (SSSR count). The smallest absolute Gasteiger partial charge is 0.0952 e. The predicted octanol–water partition coefficient (Wildman–Crippen LogP) is 1.79. The van der Waals surface area contributed by atoms with E-state index >= 15 is 0 Å². The van der Waals surface area contributed by atoms with Gasteiger partial charge in [-0.1, -0.05) is 6.92 Å². The van der Waals surface area contributed by atoms with Crippen LogP contribution in [-0.2, 0) is 0 Å². The first-order chi connectivity index (χ1) is 7.56. The van der Waals surface area contributed by atoms with Gasteiger partial charge in [0, 0.05) is 37.1 Å². The summed E-state index contributed by atoms with van der Waals surface area (Å²) < 4.78 is 0. The van der Waals surface area contributed by atoms with Crippen LogP contribution in [-0.4, -0.2) is 23.9 Å². The summed E-state index contributed by atoms with van der Waals surface area (Å²) >= 11 is 0. The van der Waals surface area contributed by atoms with E-state index in [0.717, 1.165) is 18.7 Å². The van der Waals surface area contributed by atoms with Crippen LogP contribution in [0.2, 0.25) is 0 Å². The summed E-state index contributed by atoms with van der Waals surface area (Å²) in [7, 11) is 0. The van der Waals surface area contributed by atoms with Gasteiger partial charge >= 0.3 is 0 Å². The van der Waals surface area contributed by atoms with E-state index in [1.807, 2.05) is 26.1 Å². The number of hydrogen-bond donors (Lipinski definition) is 2. The molecule has 0 fully saturated rings. The molecule has 1 aromatic heterocycles. The van der Waals surface area contributed by atoms with Crippen molar-refractivity contribution >= 4 is 11.5 Å². The summed E-state index contributed by atoms with van der Waals surface area (Å²) in [5.74, 6) is 0.317. The minimum absolute atomic E-state index is 0.0764. The van der Waals surface area contributed by atoms with Crippen LogP contribution in [0.15, 0.2) is 18.5 Å². The van der Waals surface area contributed by atoms with Crippen molar-refractivity contribution in [1.82, 2.24) is 4.98 Å². The Morgan fingerprint density at radius 3 is 2.81 bits per heavy atom. The fourth-order valence-corrected chi connectivity index (χ4v) is 1.65. The summed E-state index contributed by atoms with van der Waals surface area (Å²) in [4.78, 5) is 6.31. The zero-order chi connectivity index (χ0) is 12.1. The number of hydrogen-bond acceptors (Lipinski definition) is 3. The summed E-state index contributed by atoms with van der Waals surface area (Å²) in [6, 6.07) is 2.01. The Bertz CT molecular complexity index is 362. The average molecular weight is 220 g/mol. The third-order valence-electron chi connectivity index (χ3n) is 2.74. The van der Waals surface area contributed by atoms with E-state index in [1.54, 1.807) is 6.20 Å². The van der Waals surface area contributed by atoms with Crippen molar-refractivity contribution in [2.75, 3.05) is 18.0 Å². The van der Waals surface area contributed by atoms with Gasteiger partial charge in [-0.3, -0.25) is 10.4 Å². The normalized spacial score (nSPS) is 12.2. The molecule has 0 saturated carbocycles. The zero-order valence-electron chi connectivity index (χ0n) is 10.2. The van der Waals surface area contributed by atoms with Crippen LogP contribution in [0.25, 0.3) is 0 Å². The molecule has 0 aliphatic rings. The maximum absolute atomic E-state index is 7.42. The van der Waals surface area contributed by atoms with Crippen molar-refractivity contribution < 1.29 is 0 Å². The molecule has 1 unspecified atom stereocenters. The summed E-state index contributed by atoms with van der Waals surface area (Å²) in [6.45, 7) is 7.80. The SMILES string of the molecule is CCN(CC(C)C(=N)N)c1ccncc1C. The van der Waals surface area contributed by atoms with Crippen molar-refractivity contribution in [2.24, 2.45) is 11.7 Å². The molecule has 0 radical (unpaired) electrons. The number of aromatic nitrogens is 1. The van der Waals surface area contributed by atoms with Gasteiger partial charge in [0.1, 0.15) is 0 Å². The summed E-state index contributed by atoms with van der Waals surface area (Å²) in [6.07, 6.45) is 3.65. The highest BCUT2D eigenvalue weighted by Crippen LogP contribution is 2.19. The Labute approximate surface area is 97.0 Å².